The van der Waals surface area contributed by atoms with Crippen LogP contribution < -0.4 is 10.6 Å². The van der Waals surface area contributed by atoms with E-state index in [1.54, 1.807) is 12.3 Å². The maximum atomic E-state index is 10.8. The number of aromatic nitrogens is 1. The number of rotatable bonds is 5. The molecular formula is C12H18N4O2. The number of hydrogen-bond acceptors (Lipinski definition) is 5. The highest BCUT2D eigenvalue weighted by atomic mass is 16.6. The van der Waals surface area contributed by atoms with Crippen molar-refractivity contribution in [2.24, 2.45) is 5.92 Å². The van der Waals surface area contributed by atoms with Gasteiger partial charge in [-0.2, -0.15) is 0 Å². The molecule has 1 fully saturated rings. The number of nitro groups is 1. The van der Waals surface area contributed by atoms with Gasteiger partial charge < -0.3 is 10.6 Å². The molecule has 0 radical (unpaired) electrons. The predicted octanol–water partition coefficient (Wildman–Crippen LogP) is 1.79. The Kier molecular flexibility index (Phi) is 4.46. The summed E-state index contributed by atoms with van der Waals surface area (Å²) in [4.78, 5) is 14.4. The van der Waals surface area contributed by atoms with Crippen LogP contribution in [-0.4, -0.2) is 29.5 Å². The van der Waals surface area contributed by atoms with Crippen LogP contribution in [0.3, 0.4) is 0 Å². The summed E-state index contributed by atoms with van der Waals surface area (Å²) in [5, 5.41) is 17.2. The zero-order valence-corrected chi connectivity index (χ0v) is 10.3. The van der Waals surface area contributed by atoms with Crippen molar-refractivity contribution in [3.63, 3.8) is 0 Å². The monoisotopic (exact) mass is 250 g/mol. The Morgan fingerprint density at radius 3 is 3.22 bits per heavy atom. The largest absolute Gasteiger partial charge is 0.364 e. The van der Waals surface area contributed by atoms with E-state index in [4.69, 9.17) is 0 Å². The molecule has 0 spiro atoms. The first-order chi connectivity index (χ1) is 8.77. The summed E-state index contributed by atoms with van der Waals surface area (Å²) in [6.45, 7) is 2.88. The molecule has 1 atom stereocenters. The van der Waals surface area contributed by atoms with E-state index < -0.39 is 4.92 Å². The topological polar surface area (TPSA) is 80.1 Å². The fourth-order valence-electron chi connectivity index (χ4n) is 2.25. The van der Waals surface area contributed by atoms with Gasteiger partial charge in [-0.1, -0.05) is 0 Å². The van der Waals surface area contributed by atoms with E-state index in [0.717, 1.165) is 26.1 Å². The number of anilines is 1. The highest BCUT2D eigenvalue weighted by Crippen LogP contribution is 2.21. The van der Waals surface area contributed by atoms with Crippen molar-refractivity contribution in [1.29, 1.82) is 0 Å². The fourth-order valence-corrected chi connectivity index (χ4v) is 2.25. The standard InChI is InChI=1S/C12H18N4O2/c17-16(18)11-4-2-7-14-12(11)15-8-5-10-3-1-6-13-9-10/h2,4,7,10,13H,1,3,5-6,8-9H2,(H,14,15). The molecule has 1 aliphatic heterocycles. The normalized spacial score (nSPS) is 19.4. The Morgan fingerprint density at radius 1 is 1.61 bits per heavy atom. The van der Waals surface area contributed by atoms with Crippen molar-refractivity contribution in [2.75, 3.05) is 25.0 Å². The van der Waals surface area contributed by atoms with Gasteiger partial charge in [0.15, 0.2) is 0 Å². The zero-order valence-electron chi connectivity index (χ0n) is 10.3. The molecule has 2 N–H and O–H groups in total. The first-order valence-electron chi connectivity index (χ1n) is 6.31. The van der Waals surface area contributed by atoms with E-state index >= 15 is 0 Å². The second-order valence-corrected chi connectivity index (χ2v) is 4.56. The van der Waals surface area contributed by atoms with Crippen LogP contribution in [0.2, 0.25) is 0 Å². The summed E-state index contributed by atoms with van der Waals surface area (Å²) in [7, 11) is 0. The Bertz CT molecular complexity index is 405. The molecule has 0 bridgehead atoms. The molecule has 1 aliphatic rings. The number of pyridine rings is 1. The third-order valence-corrected chi connectivity index (χ3v) is 3.23. The van der Waals surface area contributed by atoms with Gasteiger partial charge in [0.25, 0.3) is 0 Å². The third kappa shape index (κ3) is 3.40. The molecule has 1 saturated heterocycles. The van der Waals surface area contributed by atoms with Crippen LogP contribution >= 0.6 is 0 Å². The molecule has 1 unspecified atom stereocenters. The molecule has 0 aliphatic carbocycles. The highest BCUT2D eigenvalue weighted by Gasteiger charge is 2.15. The Morgan fingerprint density at radius 2 is 2.50 bits per heavy atom. The average Bonchev–Trinajstić information content (AvgIpc) is 2.40. The molecule has 6 nitrogen and oxygen atoms in total. The van der Waals surface area contributed by atoms with Crippen LogP contribution in [0.5, 0.6) is 0 Å². The summed E-state index contributed by atoms with van der Waals surface area (Å²) >= 11 is 0. The van der Waals surface area contributed by atoms with Gasteiger partial charge >= 0.3 is 5.69 Å². The molecule has 98 valence electrons. The van der Waals surface area contributed by atoms with E-state index in [1.807, 2.05) is 0 Å². The minimum absolute atomic E-state index is 0.0410. The van der Waals surface area contributed by atoms with Gasteiger partial charge in [0.1, 0.15) is 0 Å². The third-order valence-electron chi connectivity index (χ3n) is 3.23. The predicted molar refractivity (Wildman–Crippen MR) is 69.6 cm³/mol. The molecule has 18 heavy (non-hydrogen) atoms. The number of piperidine rings is 1. The minimum atomic E-state index is -0.405. The van der Waals surface area contributed by atoms with Crippen molar-refractivity contribution in [2.45, 2.75) is 19.3 Å². The number of hydrogen-bond donors (Lipinski definition) is 2. The van der Waals surface area contributed by atoms with Gasteiger partial charge in [0.05, 0.1) is 4.92 Å². The number of nitrogens with one attached hydrogen (secondary N) is 2. The van der Waals surface area contributed by atoms with E-state index in [-0.39, 0.29) is 5.69 Å². The minimum Gasteiger partial charge on any atom is -0.364 e. The van der Waals surface area contributed by atoms with Crippen LogP contribution in [-0.2, 0) is 0 Å². The van der Waals surface area contributed by atoms with Gasteiger partial charge in [-0.05, 0) is 44.3 Å². The molecule has 2 heterocycles. The molecule has 0 amide bonds. The summed E-state index contributed by atoms with van der Waals surface area (Å²) in [5.74, 6) is 1.03. The Hall–Kier alpha value is -1.69. The summed E-state index contributed by atoms with van der Waals surface area (Å²) in [5.41, 5.74) is 0.0410. The van der Waals surface area contributed by atoms with Gasteiger partial charge in [0, 0.05) is 18.8 Å². The molecule has 6 heteroatoms. The van der Waals surface area contributed by atoms with Crippen molar-refractivity contribution < 1.29 is 4.92 Å². The Balaban J connectivity index is 1.84. The summed E-state index contributed by atoms with van der Waals surface area (Å²) in [6.07, 6.45) is 5.03. The Labute approximate surface area is 106 Å². The van der Waals surface area contributed by atoms with Gasteiger partial charge in [-0.25, -0.2) is 4.98 Å². The highest BCUT2D eigenvalue weighted by molar-refractivity contribution is 5.54. The zero-order chi connectivity index (χ0) is 12.8. The van der Waals surface area contributed by atoms with E-state index in [0.29, 0.717) is 11.7 Å². The van der Waals surface area contributed by atoms with Crippen LogP contribution in [0.4, 0.5) is 11.5 Å². The maximum Gasteiger partial charge on any atom is 0.311 e. The van der Waals surface area contributed by atoms with Crippen LogP contribution in [0.15, 0.2) is 18.3 Å². The smallest absolute Gasteiger partial charge is 0.311 e. The molecule has 0 aromatic carbocycles. The molecule has 0 saturated carbocycles. The lowest BCUT2D eigenvalue weighted by Crippen LogP contribution is -2.30. The SMILES string of the molecule is O=[N+]([O-])c1cccnc1NCCC1CCCNC1. The molecular weight excluding hydrogens is 232 g/mol. The molecule has 2 rings (SSSR count). The van der Waals surface area contributed by atoms with E-state index in [2.05, 4.69) is 15.6 Å². The number of nitrogens with zero attached hydrogens (tertiary/aromatic N) is 2. The van der Waals surface area contributed by atoms with Crippen molar-refractivity contribution in [3.8, 4) is 0 Å². The van der Waals surface area contributed by atoms with Gasteiger partial charge in [-0.15, -0.1) is 0 Å². The van der Waals surface area contributed by atoms with Crippen LogP contribution in [0.1, 0.15) is 19.3 Å². The first-order valence-corrected chi connectivity index (χ1v) is 6.31. The summed E-state index contributed by atoms with van der Waals surface area (Å²) in [6, 6.07) is 3.05. The lowest BCUT2D eigenvalue weighted by Gasteiger charge is -2.22. The lowest BCUT2D eigenvalue weighted by atomic mass is 9.96. The molecule has 1 aromatic rings. The van der Waals surface area contributed by atoms with E-state index in [1.165, 1.54) is 18.9 Å². The quantitative estimate of drug-likeness (QED) is 0.615. The van der Waals surface area contributed by atoms with Crippen LogP contribution in [0.25, 0.3) is 0 Å². The second-order valence-electron chi connectivity index (χ2n) is 4.56. The van der Waals surface area contributed by atoms with Gasteiger partial charge in [0.2, 0.25) is 5.82 Å². The summed E-state index contributed by atoms with van der Waals surface area (Å²) < 4.78 is 0. The first kappa shape index (κ1) is 12.8. The van der Waals surface area contributed by atoms with Crippen LogP contribution in [0, 0.1) is 16.0 Å². The van der Waals surface area contributed by atoms with Crippen molar-refractivity contribution in [1.82, 2.24) is 10.3 Å². The second kappa shape index (κ2) is 6.30. The molecule has 1 aromatic heterocycles. The fraction of sp³-hybridized carbons (Fsp3) is 0.583. The average molecular weight is 250 g/mol. The van der Waals surface area contributed by atoms with E-state index in [9.17, 15) is 10.1 Å². The lowest BCUT2D eigenvalue weighted by molar-refractivity contribution is -0.384. The van der Waals surface area contributed by atoms with Crippen molar-refractivity contribution >= 4 is 11.5 Å². The van der Waals surface area contributed by atoms with Crippen molar-refractivity contribution in [3.05, 3.63) is 28.4 Å². The van der Waals surface area contributed by atoms with Gasteiger partial charge in [-0.3, -0.25) is 10.1 Å². The maximum absolute atomic E-state index is 10.8.